The molecule has 0 atom stereocenters. The predicted octanol–water partition coefficient (Wildman–Crippen LogP) is 4.87. The van der Waals surface area contributed by atoms with Crippen molar-refractivity contribution in [3.63, 3.8) is 0 Å². The van der Waals surface area contributed by atoms with Gasteiger partial charge in [-0.25, -0.2) is 0 Å². The fraction of sp³-hybridized carbons (Fsp3) is 0.450. The highest BCUT2D eigenvalue weighted by atomic mass is 19.4. The summed E-state index contributed by atoms with van der Waals surface area (Å²) in [6, 6.07) is 13.1. The average Bonchev–Trinajstić information content (AvgIpc) is 2.68. The molecule has 0 radical (unpaired) electrons. The lowest BCUT2D eigenvalue weighted by Gasteiger charge is -2.30. The standard InChI is InChI=1S/C20H22F3N3O/c1-26(18-12-11-17(24-25-18)15-5-3-2-4-6-15)19(27)13-14-7-9-16(10-8-14)20(21,22)23/h2-6,11-12,14,16H,7-10,13H2,1H3. The number of carbonyl (C=O) groups excluding carboxylic acids is 1. The lowest BCUT2D eigenvalue weighted by molar-refractivity contribution is -0.184. The summed E-state index contributed by atoms with van der Waals surface area (Å²) in [5, 5.41) is 8.29. The van der Waals surface area contributed by atoms with Crippen LogP contribution in [0.4, 0.5) is 19.0 Å². The van der Waals surface area contributed by atoms with E-state index < -0.39 is 12.1 Å². The fourth-order valence-electron chi connectivity index (χ4n) is 3.47. The fourth-order valence-corrected chi connectivity index (χ4v) is 3.47. The Hall–Kier alpha value is -2.44. The van der Waals surface area contributed by atoms with Gasteiger partial charge >= 0.3 is 6.18 Å². The van der Waals surface area contributed by atoms with Crippen LogP contribution in [0.5, 0.6) is 0 Å². The van der Waals surface area contributed by atoms with E-state index in [1.165, 1.54) is 4.90 Å². The molecule has 144 valence electrons. The molecule has 1 saturated carbocycles. The summed E-state index contributed by atoms with van der Waals surface area (Å²) >= 11 is 0. The van der Waals surface area contributed by atoms with Crippen molar-refractivity contribution in [1.82, 2.24) is 10.2 Å². The third-order valence-electron chi connectivity index (χ3n) is 5.21. The minimum absolute atomic E-state index is 0.00454. The lowest BCUT2D eigenvalue weighted by atomic mass is 9.80. The summed E-state index contributed by atoms with van der Waals surface area (Å²) in [6.07, 6.45) is -2.80. The van der Waals surface area contributed by atoms with Crippen molar-refractivity contribution in [3.05, 3.63) is 42.5 Å². The number of nitrogens with zero attached hydrogens (tertiary/aromatic N) is 3. The molecule has 1 amide bonds. The zero-order valence-corrected chi connectivity index (χ0v) is 15.1. The maximum Gasteiger partial charge on any atom is 0.391 e. The minimum Gasteiger partial charge on any atom is -0.298 e. The van der Waals surface area contributed by atoms with Crippen molar-refractivity contribution in [3.8, 4) is 11.3 Å². The smallest absolute Gasteiger partial charge is 0.298 e. The second-order valence-corrected chi connectivity index (χ2v) is 7.06. The molecule has 1 fully saturated rings. The van der Waals surface area contributed by atoms with E-state index >= 15 is 0 Å². The number of rotatable bonds is 4. The molecule has 27 heavy (non-hydrogen) atoms. The number of halogens is 3. The number of amides is 1. The summed E-state index contributed by atoms with van der Waals surface area (Å²) in [6.45, 7) is 0. The topological polar surface area (TPSA) is 46.1 Å². The van der Waals surface area contributed by atoms with Crippen LogP contribution in [0.3, 0.4) is 0 Å². The van der Waals surface area contributed by atoms with Crippen molar-refractivity contribution in [2.45, 2.75) is 38.3 Å². The molecule has 0 bridgehead atoms. The second kappa shape index (κ2) is 8.06. The van der Waals surface area contributed by atoms with E-state index in [1.807, 2.05) is 30.3 Å². The van der Waals surface area contributed by atoms with Gasteiger partial charge in [0, 0.05) is 19.0 Å². The highest BCUT2D eigenvalue weighted by Gasteiger charge is 2.41. The van der Waals surface area contributed by atoms with Gasteiger partial charge in [0.2, 0.25) is 5.91 Å². The largest absolute Gasteiger partial charge is 0.391 e. The quantitative estimate of drug-likeness (QED) is 0.764. The van der Waals surface area contributed by atoms with Crippen molar-refractivity contribution >= 4 is 11.7 Å². The Kier molecular flexibility index (Phi) is 5.77. The number of aromatic nitrogens is 2. The molecule has 3 rings (SSSR count). The van der Waals surface area contributed by atoms with Gasteiger partial charge in [0.1, 0.15) is 0 Å². The van der Waals surface area contributed by atoms with Gasteiger partial charge in [-0.05, 0) is 43.7 Å². The van der Waals surface area contributed by atoms with Gasteiger partial charge in [-0.15, -0.1) is 10.2 Å². The Morgan fingerprint density at radius 3 is 2.26 bits per heavy atom. The number of benzene rings is 1. The molecular weight excluding hydrogens is 355 g/mol. The molecule has 2 aromatic rings. The Morgan fingerprint density at radius 2 is 1.70 bits per heavy atom. The zero-order chi connectivity index (χ0) is 19.4. The highest BCUT2D eigenvalue weighted by molar-refractivity contribution is 5.92. The van der Waals surface area contributed by atoms with Crippen LogP contribution in [0.2, 0.25) is 0 Å². The molecule has 7 heteroatoms. The molecule has 0 aliphatic heterocycles. The average molecular weight is 377 g/mol. The van der Waals surface area contributed by atoms with E-state index in [2.05, 4.69) is 10.2 Å². The first kappa shape index (κ1) is 19.3. The van der Waals surface area contributed by atoms with Gasteiger partial charge in [-0.1, -0.05) is 30.3 Å². The van der Waals surface area contributed by atoms with Crippen LogP contribution >= 0.6 is 0 Å². The van der Waals surface area contributed by atoms with Crippen LogP contribution in [0, 0.1) is 11.8 Å². The van der Waals surface area contributed by atoms with Gasteiger partial charge in [-0.2, -0.15) is 13.2 Å². The van der Waals surface area contributed by atoms with Crippen molar-refractivity contribution in [2.75, 3.05) is 11.9 Å². The van der Waals surface area contributed by atoms with Gasteiger partial charge < -0.3 is 0 Å². The Labute approximate surface area is 156 Å². The normalized spacial score (nSPS) is 20.3. The summed E-state index contributed by atoms with van der Waals surface area (Å²) in [7, 11) is 1.62. The van der Waals surface area contributed by atoms with Gasteiger partial charge in [0.05, 0.1) is 11.6 Å². The highest BCUT2D eigenvalue weighted by Crippen LogP contribution is 2.40. The number of hydrogen-bond acceptors (Lipinski definition) is 3. The molecule has 0 N–H and O–H groups in total. The van der Waals surface area contributed by atoms with Crippen LogP contribution in [0.15, 0.2) is 42.5 Å². The SMILES string of the molecule is CN(C(=O)CC1CCC(C(F)(F)F)CC1)c1ccc(-c2ccccc2)nn1. The maximum absolute atomic E-state index is 12.7. The molecule has 0 unspecified atom stereocenters. The summed E-state index contributed by atoms with van der Waals surface area (Å²) in [5.41, 5.74) is 1.65. The van der Waals surface area contributed by atoms with Crippen LogP contribution in [-0.2, 0) is 4.79 Å². The van der Waals surface area contributed by atoms with Crippen LogP contribution < -0.4 is 4.90 Å². The molecule has 1 aliphatic carbocycles. The molecule has 1 aromatic carbocycles. The molecule has 0 spiro atoms. The number of carbonyl (C=O) groups is 1. The van der Waals surface area contributed by atoms with E-state index in [0.717, 1.165) is 5.56 Å². The van der Waals surface area contributed by atoms with Crippen molar-refractivity contribution < 1.29 is 18.0 Å². The van der Waals surface area contributed by atoms with Crippen molar-refractivity contribution in [1.29, 1.82) is 0 Å². The maximum atomic E-state index is 12.7. The first-order valence-electron chi connectivity index (χ1n) is 9.07. The number of hydrogen-bond donors (Lipinski definition) is 0. The Bertz CT molecular complexity index is 754. The minimum atomic E-state index is -4.12. The third kappa shape index (κ3) is 4.84. The second-order valence-electron chi connectivity index (χ2n) is 7.06. The van der Waals surface area contributed by atoms with Gasteiger partial charge in [0.15, 0.2) is 5.82 Å². The van der Waals surface area contributed by atoms with E-state index in [-0.39, 0.29) is 31.1 Å². The van der Waals surface area contributed by atoms with E-state index in [0.29, 0.717) is 24.4 Å². The molecular formula is C20H22F3N3O. The number of alkyl halides is 3. The lowest BCUT2D eigenvalue weighted by Crippen LogP contribution is -2.32. The van der Waals surface area contributed by atoms with Crippen LogP contribution in [0.25, 0.3) is 11.3 Å². The summed E-state index contributed by atoms with van der Waals surface area (Å²) in [4.78, 5) is 13.9. The Morgan fingerprint density at radius 1 is 1.04 bits per heavy atom. The first-order chi connectivity index (χ1) is 12.8. The third-order valence-corrected chi connectivity index (χ3v) is 5.21. The first-order valence-corrected chi connectivity index (χ1v) is 9.07. The van der Waals surface area contributed by atoms with E-state index in [9.17, 15) is 18.0 Å². The van der Waals surface area contributed by atoms with Crippen molar-refractivity contribution in [2.24, 2.45) is 11.8 Å². The van der Waals surface area contributed by atoms with E-state index in [4.69, 9.17) is 0 Å². The summed E-state index contributed by atoms with van der Waals surface area (Å²) < 4.78 is 38.2. The Balaban J connectivity index is 1.56. The molecule has 1 aromatic heterocycles. The number of anilines is 1. The molecule has 1 aliphatic rings. The van der Waals surface area contributed by atoms with Gasteiger partial charge in [0.25, 0.3) is 0 Å². The predicted molar refractivity (Wildman–Crippen MR) is 97.0 cm³/mol. The van der Waals surface area contributed by atoms with Gasteiger partial charge in [-0.3, -0.25) is 9.69 Å². The van der Waals surface area contributed by atoms with Crippen LogP contribution in [-0.4, -0.2) is 29.3 Å². The molecule has 4 nitrogen and oxygen atoms in total. The van der Waals surface area contributed by atoms with Crippen LogP contribution in [0.1, 0.15) is 32.1 Å². The van der Waals surface area contributed by atoms with E-state index in [1.54, 1.807) is 19.2 Å². The molecule has 1 heterocycles. The monoisotopic (exact) mass is 377 g/mol. The summed E-state index contributed by atoms with van der Waals surface area (Å²) in [5.74, 6) is -0.941. The molecule has 0 saturated heterocycles. The zero-order valence-electron chi connectivity index (χ0n) is 15.1.